The van der Waals surface area contributed by atoms with E-state index in [1.807, 2.05) is 14.1 Å². The number of methoxy groups -OCH3 is 1. The summed E-state index contributed by atoms with van der Waals surface area (Å²) in [6.07, 6.45) is -0.547. The molecule has 0 aromatic rings. The molecule has 0 saturated carbocycles. The Morgan fingerprint density at radius 2 is 1.71 bits per heavy atom. The van der Waals surface area contributed by atoms with Gasteiger partial charge >= 0.3 is 5.97 Å². The minimum absolute atomic E-state index is 0.0811. The first-order valence-corrected chi connectivity index (χ1v) is 4.72. The zero-order valence-corrected chi connectivity index (χ0v) is 10.2. The molecule has 0 spiro atoms. The van der Waals surface area contributed by atoms with Gasteiger partial charge in [-0.1, -0.05) is 0 Å². The van der Waals surface area contributed by atoms with Crippen molar-refractivity contribution in [2.75, 3.05) is 21.2 Å². The van der Waals surface area contributed by atoms with Crippen LogP contribution in [0.25, 0.3) is 0 Å². The Morgan fingerprint density at radius 1 is 1.29 bits per heavy atom. The SMILES string of the molecule is COC(=O)[C@@H](C)O[N+](C)(C)C(C)(C)C. The predicted octanol–water partition coefficient (Wildman–Crippen LogP) is 1.35. The van der Waals surface area contributed by atoms with Gasteiger partial charge in [0.2, 0.25) is 6.10 Å². The average molecular weight is 204 g/mol. The van der Waals surface area contributed by atoms with Gasteiger partial charge in [-0.15, -0.1) is 0 Å². The Labute approximate surface area is 86.3 Å². The summed E-state index contributed by atoms with van der Waals surface area (Å²) >= 11 is 0. The molecule has 0 heterocycles. The summed E-state index contributed by atoms with van der Waals surface area (Å²) in [7, 11) is 5.19. The topological polar surface area (TPSA) is 35.5 Å². The van der Waals surface area contributed by atoms with Gasteiger partial charge in [0.15, 0.2) is 0 Å². The van der Waals surface area contributed by atoms with Gasteiger partial charge in [0.1, 0.15) is 5.54 Å². The second kappa shape index (κ2) is 4.28. The summed E-state index contributed by atoms with van der Waals surface area (Å²) in [5.74, 6) is -0.347. The van der Waals surface area contributed by atoms with Crippen molar-refractivity contribution in [1.82, 2.24) is 0 Å². The molecule has 4 heteroatoms. The van der Waals surface area contributed by atoms with Crippen molar-refractivity contribution in [3.63, 3.8) is 0 Å². The molecule has 0 saturated heterocycles. The molecule has 0 aromatic carbocycles. The lowest BCUT2D eigenvalue weighted by Crippen LogP contribution is -2.56. The van der Waals surface area contributed by atoms with Crippen LogP contribution in [0, 0.1) is 0 Å². The summed E-state index contributed by atoms with van der Waals surface area (Å²) in [4.78, 5) is 16.8. The molecular weight excluding hydrogens is 182 g/mol. The third kappa shape index (κ3) is 3.27. The first kappa shape index (κ1) is 13.4. The van der Waals surface area contributed by atoms with Crippen LogP contribution < -0.4 is 0 Å². The normalized spacial score (nSPS) is 15.1. The van der Waals surface area contributed by atoms with Crippen LogP contribution in [0.5, 0.6) is 0 Å². The highest BCUT2D eigenvalue weighted by Crippen LogP contribution is 2.21. The number of rotatable bonds is 3. The lowest BCUT2D eigenvalue weighted by Gasteiger charge is -2.40. The standard InChI is InChI=1S/C10H22NO3/c1-8(9(12)13-7)14-11(5,6)10(2,3)4/h8H,1-7H3/q+1/t8-/m1/s1. The minimum atomic E-state index is -0.547. The molecule has 0 aromatic heterocycles. The number of hydrogen-bond donors (Lipinski definition) is 0. The highest BCUT2D eigenvalue weighted by molar-refractivity contribution is 5.73. The first-order chi connectivity index (χ1) is 6.12. The number of esters is 1. The van der Waals surface area contributed by atoms with Crippen LogP contribution in [-0.4, -0.2) is 43.5 Å². The van der Waals surface area contributed by atoms with Gasteiger partial charge in [-0.05, 0) is 27.7 Å². The van der Waals surface area contributed by atoms with Crippen LogP contribution >= 0.6 is 0 Å². The van der Waals surface area contributed by atoms with E-state index >= 15 is 0 Å². The van der Waals surface area contributed by atoms with E-state index in [2.05, 4.69) is 25.5 Å². The van der Waals surface area contributed by atoms with E-state index in [-0.39, 0.29) is 11.5 Å². The molecule has 0 N–H and O–H groups in total. The van der Waals surface area contributed by atoms with E-state index in [1.54, 1.807) is 6.92 Å². The van der Waals surface area contributed by atoms with Crippen molar-refractivity contribution in [3.05, 3.63) is 0 Å². The van der Waals surface area contributed by atoms with Crippen molar-refractivity contribution in [2.45, 2.75) is 39.3 Å². The van der Waals surface area contributed by atoms with Gasteiger partial charge in [0, 0.05) is 0 Å². The monoisotopic (exact) mass is 204 g/mol. The Hall–Kier alpha value is -0.610. The molecule has 0 unspecified atom stereocenters. The van der Waals surface area contributed by atoms with Gasteiger partial charge in [0.05, 0.1) is 21.2 Å². The summed E-state index contributed by atoms with van der Waals surface area (Å²) < 4.78 is 4.91. The molecule has 0 rings (SSSR count). The zero-order valence-electron chi connectivity index (χ0n) is 10.2. The molecule has 0 amide bonds. The number of quaternary nitrogens is 1. The minimum Gasteiger partial charge on any atom is -0.467 e. The average Bonchev–Trinajstić information content (AvgIpc) is 2.00. The van der Waals surface area contributed by atoms with Crippen LogP contribution in [-0.2, 0) is 14.4 Å². The fourth-order valence-corrected chi connectivity index (χ4v) is 0.762. The Balaban J connectivity index is 4.44. The number of hydroxylamine groups is 3. The third-order valence-corrected chi connectivity index (χ3v) is 2.57. The number of carbonyl (C=O) groups is 1. The number of ether oxygens (including phenoxy) is 1. The maximum absolute atomic E-state index is 11.2. The van der Waals surface area contributed by atoms with E-state index in [0.29, 0.717) is 4.65 Å². The summed E-state index contributed by atoms with van der Waals surface area (Å²) in [6, 6.07) is 0. The smallest absolute Gasteiger partial charge is 0.341 e. The van der Waals surface area contributed by atoms with Crippen molar-refractivity contribution < 1.29 is 19.0 Å². The first-order valence-electron chi connectivity index (χ1n) is 4.72. The summed E-state index contributed by atoms with van der Waals surface area (Å²) in [5, 5.41) is 0. The predicted molar refractivity (Wildman–Crippen MR) is 54.4 cm³/mol. The Kier molecular flexibility index (Phi) is 4.09. The van der Waals surface area contributed by atoms with Gasteiger partial charge in [0.25, 0.3) is 0 Å². The highest BCUT2D eigenvalue weighted by atomic mass is 16.7. The van der Waals surface area contributed by atoms with E-state index in [9.17, 15) is 4.79 Å². The molecule has 0 radical (unpaired) electrons. The van der Waals surface area contributed by atoms with E-state index < -0.39 is 6.10 Å². The fourth-order valence-electron chi connectivity index (χ4n) is 0.762. The highest BCUT2D eigenvalue weighted by Gasteiger charge is 2.37. The maximum atomic E-state index is 11.2. The zero-order chi connectivity index (χ0) is 11.6. The van der Waals surface area contributed by atoms with E-state index in [4.69, 9.17) is 4.84 Å². The largest absolute Gasteiger partial charge is 0.467 e. The van der Waals surface area contributed by atoms with E-state index in [0.717, 1.165) is 0 Å². The van der Waals surface area contributed by atoms with Crippen LogP contribution in [0.1, 0.15) is 27.7 Å². The van der Waals surface area contributed by atoms with Crippen molar-refractivity contribution in [3.8, 4) is 0 Å². The summed E-state index contributed by atoms with van der Waals surface area (Å²) in [5.41, 5.74) is -0.0811. The molecule has 0 aliphatic rings. The molecule has 0 aliphatic carbocycles. The number of carbonyl (C=O) groups excluding carboxylic acids is 1. The summed E-state index contributed by atoms with van der Waals surface area (Å²) in [6.45, 7) is 7.85. The Bertz CT molecular complexity index is 206. The molecule has 14 heavy (non-hydrogen) atoms. The molecule has 84 valence electrons. The van der Waals surface area contributed by atoms with Crippen molar-refractivity contribution >= 4 is 5.97 Å². The number of hydrogen-bond acceptors (Lipinski definition) is 3. The molecule has 0 aliphatic heterocycles. The second-order valence-electron chi connectivity index (χ2n) is 4.79. The van der Waals surface area contributed by atoms with E-state index in [1.165, 1.54) is 7.11 Å². The quantitative estimate of drug-likeness (QED) is 0.395. The van der Waals surface area contributed by atoms with Gasteiger partial charge in [-0.3, -0.25) is 0 Å². The third-order valence-electron chi connectivity index (χ3n) is 2.57. The fraction of sp³-hybridized carbons (Fsp3) is 0.900. The van der Waals surface area contributed by atoms with Crippen LogP contribution in [0.15, 0.2) is 0 Å². The van der Waals surface area contributed by atoms with Gasteiger partial charge in [-0.2, -0.15) is 9.48 Å². The van der Waals surface area contributed by atoms with Crippen LogP contribution in [0.3, 0.4) is 0 Å². The lowest BCUT2D eigenvalue weighted by molar-refractivity contribution is -1.11. The Morgan fingerprint density at radius 3 is 2.00 bits per heavy atom. The van der Waals surface area contributed by atoms with Crippen LogP contribution in [0.4, 0.5) is 0 Å². The van der Waals surface area contributed by atoms with Crippen LogP contribution in [0.2, 0.25) is 0 Å². The van der Waals surface area contributed by atoms with Crippen molar-refractivity contribution in [1.29, 1.82) is 0 Å². The molecule has 0 fully saturated rings. The maximum Gasteiger partial charge on any atom is 0.341 e. The number of nitrogens with zero attached hydrogens (tertiary/aromatic N) is 1. The lowest BCUT2D eigenvalue weighted by atomic mass is 10.1. The molecule has 1 atom stereocenters. The van der Waals surface area contributed by atoms with Gasteiger partial charge < -0.3 is 4.74 Å². The molecule has 4 nitrogen and oxygen atoms in total. The second-order valence-corrected chi connectivity index (χ2v) is 4.79. The molecular formula is C10H22NO3+. The molecule has 0 bridgehead atoms. The van der Waals surface area contributed by atoms with Gasteiger partial charge in [-0.25, -0.2) is 4.79 Å². The van der Waals surface area contributed by atoms with Crippen molar-refractivity contribution in [2.24, 2.45) is 0 Å².